The Morgan fingerprint density at radius 1 is 1.35 bits per heavy atom. The first-order valence-corrected chi connectivity index (χ1v) is 9.39. The zero-order valence-corrected chi connectivity index (χ0v) is 19.2. The van der Waals surface area contributed by atoms with Gasteiger partial charge in [-0.15, -0.1) is 24.0 Å². The molecule has 2 atom stereocenters. The molecule has 0 bridgehead atoms. The van der Waals surface area contributed by atoms with Crippen LogP contribution in [0.15, 0.2) is 4.99 Å². The van der Waals surface area contributed by atoms with E-state index >= 15 is 0 Å². The number of guanidine groups is 1. The lowest BCUT2D eigenvalue weighted by Gasteiger charge is -2.22. The van der Waals surface area contributed by atoms with Gasteiger partial charge in [0.2, 0.25) is 5.91 Å². The first kappa shape index (κ1) is 25.4. The van der Waals surface area contributed by atoms with E-state index < -0.39 is 0 Å². The second-order valence-electron chi connectivity index (χ2n) is 6.92. The SMILES string of the molecule is CCOC(CCNC(=NCC(=O)N(C)C)NCC1CCCO1)C(C)C.I. The highest BCUT2D eigenvalue weighted by Crippen LogP contribution is 2.11. The zero-order chi connectivity index (χ0) is 18.7. The van der Waals surface area contributed by atoms with Gasteiger partial charge < -0.3 is 25.0 Å². The van der Waals surface area contributed by atoms with E-state index in [0.717, 1.165) is 39.0 Å². The number of hydrogen-bond acceptors (Lipinski definition) is 4. The lowest BCUT2D eigenvalue weighted by atomic mass is 10.0. The monoisotopic (exact) mass is 484 g/mol. The molecule has 0 aromatic carbocycles. The molecule has 1 heterocycles. The Kier molecular flexibility index (Phi) is 14.1. The van der Waals surface area contributed by atoms with Crippen LogP contribution in [0.1, 0.15) is 40.0 Å². The van der Waals surface area contributed by atoms with Crippen LogP contribution in [0.25, 0.3) is 0 Å². The molecule has 0 aliphatic carbocycles. The average Bonchev–Trinajstić information content (AvgIpc) is 3.08. The van der Waals surface area contributed by atoms with Crippen LogP contribution in [0.2, 0.25) is 0 Å². The van der Waals surface area contributed by atoms with Gasteiger partial charge in [0.15, 0.2) is 5.96 Å². The molecule has 1 rings (SSSR count). The highest BCUT2D eigenvalue weighted by molar-refractivity contribution is 14.0. The van der Waals surface area contributed by atoms with Crippen molar-refractivity contribution in [2.24, 2.45) is 10.9 Å². The van der Waals surface area contributed by atoms with Crippen LogP contribution in [0.3, 0.4) is 0 Å². The zero-order valence-electron chi connectivity index (χ0n) is 16.9. The maximum atomic E-state index is 11.8. The van der Waals surface area contributed by atoms with Crippen LogP contribution in [0.5, 0.6) is 0 Å². The van der Waals surface area contributed by atoms with Crippen molar-refractivity contribution in [3.05, 3.63) is 0 Å². The Bertz CT molecular complexity index is 413. The van der Waals surface area contributed by atoms with Crippen LogP contribution in [0, 0.1) is 5.92 Å². The molecule has 0 spiro atoms. The van der Waals surface area contributed by atoms with Gasteiger partial charge in [-0.25, -0.2) is 4.99 Å². The summed E-state index contributed by atoms with van der Waals surface area (Å²) in [6.45, 7) is 9.49. The smallest absolute Gasteiger partial charge is 0.243 e. The molecule has 8 heteroatoms. The van der Waals surface area contributed by atoms with Gasteiger partial charge in [0.25, 0.3) is 0 Å². The summed E-state index contributed by atoms with van der Waals surface area (Å²) < 4.78 is 11.4. The van der Waals surface area contributed by atoms with Gasteiger partial charge in [-0.2, -0.15) is 0 Å². The van der Waals surface area contributed by atoms with Gasteiger partial charge in [-0.1, -0.05) is 13.8 Å². The summed E-state index contributed by atoms with van der Waals surface area (Å²) >= 11 is 0. The van der Waals surface area contributed by atoms with Crippen molar-refractivity contribution in [1.29, 1.82) is 0 Å². The van der Waals surface area contributed by atoms with E-state index in [9.17, 15) is 4.79 Å². The van der Waals surface area contributed by atoms with Crippen molar-refractivity contribution in [3.8, 4) is 0 Å². The molecule has 1 amide bonds. The predicted octanol–water partition coefficient (Wildman–Crippen LogP) is 1.86. The van der Waals surface area contributed by atoms with Gasteiger partial charge in [0.1, 0.15) is 6.54 Å². The Labute approximate surface area is 175 Å². The van der Waals surface area contributed by atoms with Crippen molar-refractivity contribution in [2.75, 3.05) is 46.9 Å². The fraction of sp³-hybridized carbons (Fsp3) is 0.889. The fourth-order valence-electron chi connectivity index (χ4n) is 2.63. The standard InChI is InChI=1S/C18H36N4O3.HI/c1-6-24-16(14(2)3)9-10-19-18(21-13-17(23)22(4)5)20-12-15-8-7-11-25-15;/h14-16H,6-13H2,1-5H3,(H2,19,20,21);1H. The number of hydrogen-bond donors (Lipinski definition) is 2. The number of rotatable bonds is 10. The summed E-state index contributed by atoms with van der Waals surface area (Å²) in [5.74, 6) is 1.11. The molecule has 1 aliphatic rings. The molecule has 0 radical (unpaired) electrons. The highest BCUT2D eigenvalue weighted by Gasteiger charge is 2.17. The van der Waals surface area contributed by atoms with Gasteiger partial charge >= 0.3 is 0 Å². The van der Waals surface area contributed by atoms with Crippen LogP contribution in [0.4, 0.5) is 0 Å². The summed E-state index contributed by atoms with van der Waals surface area (Å²) in [5.41, 5.74) is 0. The maximum absolute atomic E-state index is 11.8. The summed E-state index contributed by atoms with van der Waals surface area (Å²) in [4.78, 5) is 17.7. The van der Waals surface area contributed by atoms with Crippen molar-refractivity contribution < 1.29 is 14.3 Å². The third-order valence-electron chi connectivity index (χ3n) is 4.24. The van der Waals surface area contributed by atoms with Crippen LogP contribution in [-0.2, 0) is 14.3 Å². The van der Waals surface area contributed by atoms with Crippen molar-refractivity contribution in [3.63, 3.8) is 0 Å². The topological polar surface area (TPSA) is 75.2 Å². The highest BCUT2D eigenvalue weighted by atomic mass is 127. The minimum atomic E-state index is -0.0208. The summed E-state index contributed by atoms with van der Waals surface area (Å²) in [7, 11) is 3.47. The number of ether oxygens (including phenoxy) is 2. The number of carbonyl (C=O) groups excluding carboxylic acids is 1. The van der Waals surface area contributed by atoms with Gasteiger partial charge in [-0.05, 0) is 32.1 Å². The molecular weight excluding hydrogens is 447 g/mol. The van der Waals surface area contributed by atoms with Crippen LogP contribution < -0.4 is 10.6 Å². The Morgan fingerprint density at radius 2 is 2.08 bits per heavy atom. The Balaban J connectivity index is 0.00000625. The van der Waals surface area contributed by atoms with Gasteiger partial charge in [0, 0.05) is 40.4 Å². The molecule has 2 N–H and O–H groups in total. The minimum Gasteiger partial charge on any atom is -0.378 e. The van der Waals surface area contributed by atoms with Crippen molar-refractivity contribution in [2.45, 2.75) is 52.2 Å². The number of amides is 1. The number of aliphatic imine (C=N–C) groups is 1. The average molecular weight is 484 g/mol. The van der Waals surface area contributed by atoms with E-state index in [0.29, 0.717) is 18.4 Å². The third kappa shape index (κ3) is 10.5. The Hall–Kier alpha value is -0.610. The molecule has 1 aliphatic heterocycles. The van der Waals surface area contributed by atoms with Crippen LogP contribution >= 0.6 is 24.0 Å². The van der Waals surface area contributed by atoms with Crippen molar-refractivity contribution in [1.82, 2.24) is 15.5 Å². The normalized spacial score (nSPS) is 18.4. The minimum absolute atomic E-state index is 0. The largest absolute Gasteiger partial charge is 0.378 e. The molecule has 0 aromatic rings. The second kappa shape index (κ2) is 14.4. The van der Waals surface area contributed by atoms with E-state index in [1.165, 1.54) is 0 Å². The first-order chi connectivity index (χ1) is 11.9. The number of likely N-dealkylation sites (N-methyl/N-ethyl adjacent to an activating group) is 1. The molecule has 1 saturated heterocycles. The van der Waals surface area contributed by atoms with Crippen LogP contribution in [-0.4, -0.2) is 75.9 Å². The Morgan fingerprint density at radius 3 is 2.62 bits per heavy atom. The number of halogens is 1. The third-order valence-corrected chi connectivity index (χ3v) is 4.24. The molecule has 0 aromatic heterocycles. The van der Waals surface area contributed by atoms with Crippen molar-refractivity contribution >= 4 is 35.8 Å². The molecule has 154 valence electrons. The summed E-state index contributed by atoms with van der Waals surface area (Å²) in [6, 6.07) is 0. The van der Waals surface area contributed by atoms with Gasteiger partial charge in [-0.3, -0.25) is 4.79 Å². The lowest BCUT2D eigenvalue weighted by Crippen LogP contribution is -2.43. The number of carbonyl (C=O) groups is 1. The van der Waals surface area contributed by atoms with E-state index in [2.05, 4.69) is 29.5 Å². The predicted molar refractivity (Wildman–Crippen MR) is 116 cm³/mol. The molecular formula is C18H37IN4O3. The molecule has 2 unspecified atom stereocenters. The van der Waals surface area contributed by atoms with E-state index in [1.807, 2.05) is 6.92 Å². The fourth-order valence-corrected chi connectivity index (χ4v) is 2.63. The number of nitrogens with zero attached hydrogens (tertiary/aromatic N) is 2. The summed E-state index contributed by atoms with van der Waals surface area (Å²) in [5, 5.41) is 6.61. The molecule has 26 heavy (non-hydrogen) atoms. The first-order valence-electron chi connectivity index (χ1n) is 9.39. The lowest BCUT2D eigenvalue weighted by molar-refractivity contribution is -0.127. The second-order valence-corrected chi connectivity index (χ2v) is 6.92. The van der Waals surface area contributed by atoms with E-state index in [4.69, 9.17) is 9.47 Å². The summed E-state index contributed by atoms with van der Waals surface area (Å²) in [6.07, 6.45) is 3.52. The van der Waals surface area contributed by atoms with E-state index in [-0.39, 0.29) is 48.6 Å². The molecule has 0 saturated carbocycles. The van der Waals surface area contributed by atoms with Gasteiger partial charge in [0.05, 0.1) is 12.2 Å². The van der Waals surface area contributed by atoms with E-state index in [1.54, 1.807) is 19.0 Å². The number of nitrogens with one attached hydrogen (secondary N) is 2. The quantitative estimate of drug-likeness (QED) is 0.281. The maximum Gasteiger partial charge on any atom is 0.243 e. The molecule has 7 nitrogen and oxygen atoms in total. The molecule has 1 fully saturated rings.